The molecule has 0 spiro atoms. The van der Waals surface area contributed by atoms with E-state index in [1.165, 1.54) is 0 Å². The number of nitrogens with zero attached hydrogens (tertiary/aromatic N) is 2. The molecule has 152 valence electrons. The molecular weight excluding hydrogens is 348 g/mol. The van der Waals surface area contributed by atoms with Crippen LogP contribution in [0.4, 0.5) is 0 Å². The van der Waals surface area contributed by atoms with Gasteiger partial charge in [-0.15, -0.1) is 0 Å². The van der Waals surface area contributed by atoms with Crippen molar-refractivity contribution in [2.75, 3.05) is 47.5 Å². The van der Waals surface area contributed by atoms with Gasteiger partial charge in [0.2, 0.25) is 0 Å². The Hall–Kier alpha value is -1.54. The molecule has 0 saturated carbocycles. The Morgan fingerprint density at radius 1 is 0.889 bits per heavy atom. The highest BCUT2D eigenvalue weighted by Crippen LogP contribution is 2.35. The van der Waals surface area contributed by atoms with Crippen LogP contribution < -0.4 is 14.2 Å². The minimum Gasteiger partial charge on any atom is -0.496 e. The van der Waals surface area contributed by atoms with Crippen LogP contribution in [-0.2, 0) is 6.54 Å². The summed E-state index contributed by atoms with van der Waals surface area (Å²) in [5.41, 5.74) is 1.02. The Labute approximate surface area is 161 Å². The fourth-order valence-corrected chi connectivity index (χ4v) is 4.23. The van der Waals surface area contributed by atoms with Crippen molar-refractivity contribution >= 4 is 0 Å². The van der Waals surface area contributed by atoms with Crippen molar-refractivity contribution in [3.8, 4) is 17.2 Å². The Balaban J connectivity index is 1.64. The highest BCUT2D eigenvalue weighted by Gasteiger charge is 2.34. The van der Waals surface area contributed by atoms with Gasteiger partial charge < -0.3 is 24.4 Å². The molecule has 7 heteroatoms. The van der Waals surface area contributed by atoms with E-state index in [4.69, 9.17) is 14.2 Å². The van der Waals surface area contributed by atoms with Gasteiger partial charge in [0.25, 0.3) is 0 Å². The van der Waals surface area contributed by atoms with Crippen LogP contribution in [0, 0.1) is 0 Å². The van der Waals surface area contributed by atoms with Crippen molar-refractivity contribution in [2.24, 2.45) is 0 Å². The van der Waals surface area contributed by atoms with Crippen LogP contribution in [0.1, 0.15) is 24.8 Å². The maximum Gasteiger partial charge on any atom is 0.164 e. The van der Waals surface area contributed by atoms with Gasteiger partial charge in [0, 0.05) is 50.4 Å². The van der Waals surface area contributed by atoms with Gasteiger partial charge in [0.05, 0.1) is 33.5 Å². The number of hydrogen-bond donors (Lipinski definition) is 2. The molecule has 0 unspecified atom stereocenters. The second-order valence-corrected chi connectivity index (χ2v) is 7.44. The molecule has 2 aliphatic heterocycles. The molecule has 2 atom stereocenters. The number of aliphatic hydroxyl groups is 2. The smallest absolute Gasteiger partial charge is 0.164 e. The molecule has 0 aromatic heterocycles. The molecule has 3 rings (SSSR count). The molecule has 2 aliphatic rings. The normalized spacial score (nSPS) is 25.4. The van der Waals surface area contributed by atoms with Crippen molar-refractivity contribution < 1.29 is 24.4 Å². The lowest BCUT2D eigenvalue weighted by atomic mass is 9.96. The summed E-state index contributed by atoms with van der Waals surface area (Å²) in [5, 5.41) is 20.4. The Kier molecular flexibility index (Phi) is 6.81. The summed E-state index contributed by atoms with van der Waals surface area (Å²) in [5.74, 6) is 2.08. The molecule has 2 N–H and O–H groups in total. The minimum atomic E-state index is -0.389. The van der Waals surface area contributed by atoms with Crippen LogP contribution in [-0.4, -0.2) is 85.8 Å². The molecular formula is C20H32N2O5. The van der Waals surface area contributed by atoms with Gasteiger partial charge >= 0.3 is 0 Å². The molecule has 7 nitrogen and oxygen atoms in total. The number of β-amino-alcohol motifs (C(OH)–C–C–N with tert-alkyl or cyclic N) is 1. The van der Waals surface area contributed by atoms with E-state index in [2.05, 4.69) is 9.80 Å². The largest absolute Gasteiger partial charge is 0.496 e. The molecule has 27 heavy (non-hydrogen) atoms. The van der Waals surface area contributed by atoms with E-state index >= 15 is 0 Å². The third-order valence-electron chi connectivity index (χ3n) is 5.78. The van der Waals surface area contributed by atoms with E-state index in [0.717, 1.165) is 50.2 Å². The highest BCUT2D eigenvalue weighted by molar-refractivity contribution is 5.50. The summed E-state index contributed by atoms with van der Waals surface area (Å²) in [6.07, 6.45) is 1.95. The Bertz CT molecular complexity index is 619. The van der Waals surface area contributed by atoms with E-state index in [1.54, 1.807) is 21.3 Å². The van der Waals surface area contributed by atoms with Crippen LogP contribution in [0.25, 0.3) is 0 Å². The summed E-state index contributed by atoms with van der Waals surface area (Å²) in [6.45, 7) is 3.96. The Morgan fingerprint density at radius 2 is 1.52 bits per heavy atom. The molecule has 2 fully saturated rings. The second kappa shape index (κ2) is 9.10. The van der Waals surface area contributed by atoms with E-state index in [1.807, 2.05) is 12.1 Å². The summed E-state index contributed by atoms with van der Waals surface area (Å²) in [6, 6.07) is 3.97. The number of aliphatic hydroxyl groups excluding tert-OH is 2. The van der Waals surface area contributed by atoms with Crippen molar-refractivity contribution in [1.29, 1.82) is 0 Å². The van der Waals surface area contributed by atoms with Crippen molar-refractivity contribution in [1.82, 2.24) is 9.80 Å². The number of piperidine rings is 2. The molecule has 1 aromatic carbocycles. The summed E-state index contributed by atoms with van der Waals surface area (Å²) < 4.78 is 16.3. The van der Waals surface area contributed by atoms with E-state index < -0.39 is 0 Å². The molecule has 1 aromatic rings. The van der Waals surface area contributed by atoms with Gasteiger partial charge in [-0.25, -0.2) is 0 Å². The van der Waals surface area contributed by atoms with Gasteiger partial charge in [-0.05, 0) is 25.3 Å². The third kappa shape index (κ3) is 4.66. The summed E-state index contributed by atoms with van der Waals surface area (Å²) >= 11 is 0. The first-order chi connectivity index (χ1) is 13.0. The second-order valence-electron chi connectivity index (χ2n) is 7.44. The number of methoxy groups -OCH3 is 3. The molecule has 0 aliphatic carbocycles. The van der Waals surface area contributed by atoms with E-state index in [9.17, 15) is 10.2 Å². The first kappa shape index (κ1) is 20.2. The van der Waals surface area contributed by atoms with Gasteiger partial charge in [-0.1, -0.05) is 0 Å². The molecule has 0 radical (unpaired) electrons. The van der Waals surface area contributed by atoms with E-state index in [0.29, 0.717) is 24.6 Å². The fourth-order valence-electron chi connectivity index (χ4n) is 4.23. The number of likely N-dealkylation sites (tertiary alicyclic amines) is 2. The van der Waals surface area contributed by atoms with Crippen LogP contribution in [0.5, 0.6) is 17.2 Å². The average Bonchev–Trinajstić information content (AvgIpc) is 2.68. The predicted molar refractivity (Wildman–Crippen MR) is 103 cm³/mol. The fraction of sp³-hybridized carbons (Fsp3) is 0.700. The number of rotatable bonds is 6. The predicted octanol–water partition coefficient (Wildman–Crippen LogP) is 1.10. The lowest BCUT2D eigenvalue weighted by molar-refractivity contribution is -0.0356. The maximum absolute atomic E-state index is 10.7. The molecule has 0 amide bonds. The van der Waals surface area contributed by atoms with Crippen LogP contribution in [0.2, 0.25) is 0 Å². The zero-order valence-electron chi connectivity index (χ0n) is 16.6. The zero-order valence-corrected chi connectivity index (χ0v) is 16.6. The van der Waals surface area contributed by atoms with Crippen LogP contribution >= 0.6 is 0 Å². The van der Waals surface area contributed by atoms with Gasteiger partial charge in [0.15, 0.2) is 11.5 Å². The van der Waals surface area contributed by atoms with Crippen LogP contribution in [0.15, 0.2) is 12.1 Å². The summed E-state index contributed by atoms with van der Waals surface area (Å²) in [7, 11) is 4.88. The average molecular weight is 380 g/mol. The minimum absolute atomic E-state index is 0.182. The molecule has 2 heterocycles. The van der Waals surface area contributed by atoms with Crippen molar-refractivity contribution in [2.45, 2.75) is 44.1 Å². The van der Waals surface area contributed by atoms with Crippen molar-refractivity contribution in [3.63, 3.8) is 0 Å². The van der Waals surface area contributed by atoms with Crippen molar-refractivity contribution in [3.05, 3.63) is 17.7 Å². The molecule has 2 saturated heterocycles. The lowest BCUT2D eigenvalue weighted by Gasteiger charge is -2.43. The van der Waals surface area contributed by atoms with Gasteiger partial charge in [-0.2, -0.15) is 0 Å². The Morgan fingerprint density at radius 3 is 2.11 bits per heavy atom. The quantitative estimate of drug-likeness (QED) is 0.766. The lowest BCUT2D eigenvalue weighted by Crippen LogP contribution is -2.55. The topological polar surface area (TPSA) is 74.6 Å². The first-order valence-electron chi connectivity index (χ1n) is 9.67. The number of ether oxygens (including phenoxy) is 3. The maximum atomic E-state index is 10.7. The highest BCUT2D eigenvalue weighted by atomic mass is 16.5. The first-order valence-corrected chi connectivity index (χ1v) is 9.67. The van der Waals surface area contributed by atoms with Crippen LogP contribution in [0.3, 0.4) is 0 Å². The molecule has 0 bridgehead atoms. The SMILES string of the molecule is COc1cc(OC)c(OC)cc1CN1CC[C@@H](N2CCC(O)CC2)[C@H](O)C1. The van der Waals surface area contributed by atoms with E-state index in [-0.39, 0.29) is 18.2 Å². The standard InChI is InChI=1S/C20H32N2O5/c1-25-18-11-20(27-3)19(26-2)10-14(18)12-21-7-6-16(17(24)13-21)22-8-4-15(23)5-9-22/h10-11,15-17,23-24H,4-9,12-13H2,1-3H3/t16-,17-/m1/s1. The monoisotopic (exact) mass is 380 g/mol. The third-order valence-corrected chi connectivity index (χ3v) is 5.78. The number of benzene rings is 1. The number of hydrogen-bond acceptors (Lipinski definition) is 7. The summed E-state index contributed by atoms with van der Waals surface area (Å²) in [4.78, 5) is 4.59. The van der Waals surface area contributed by atoms with Gasteiger partial charge in [0.1, 0.15) is 5.75 Å². The zero-order chi connectivity index (χ0) is 19.4. The van der Waals surface area contributed by atoms with Gasteiger partial charge in [-0.3, -0.25) is 9.80 Å².